The molecule has 0 atom stereocenters. The van der Waals surface area contributed by atoms with Crippen LogP contribution in [0.25, 0.3) is 0 Å². The Kier molecular flexibility index (Phi) is 6.31. The fourth-order valence-corrected chi connectivity index (χ4v) is 3.60. The summed E-state index contributed by atoms with van der Waals surface area (Å²) in [7, 11) is 1.67. The van der Waals surface area contributed by atoms with Crippen molar-refractivity contribution < 1.29 is 9.47 Å². The zero-order chi connectivity index (χ0) is 17.5. The number of methoxy groups -OCH3 is 1. The van der Waals surface area contributed by atoms with Crippen LogP contribution in [-0.4, -0.2) is 13.4 Å². The molecule has 3 aromatic rings. The molecule has 3 rings (SSSR count). The van der Waals surface area contributed by atoms with E-state index in [4.69, 9.17) is 9.47 Å². The quantitative estimate of drug-likeness (QED) is 0.466. The highest BCUT2D eigenvalue weighted by Crippen LogP contribution is 2.36. The number of ether oxygens (including phenoxy) is 2. The molecule has 2 nitrogen and oxygen atoms in total. The van der Waals surface area contributed by atoms with Crippen LogP contribution in [0.5, 0.6) is 11.5 Å². The van der Waals surface area contributed by atoms with Gasteiger partial charge >= 0.3 is 0 Å². The van der Waals surface area contributed by atoms with Gasteiger partial charge in [0.2, 0.25) is 0 Å². The summed E-state index contributed by atoms with van der Waals surface area (Å²) in [6, 6.07) is 24.8. The van der Waals surface area contributed by atoms with Gasteiger partial charge in [-0.25, -0.2) is 0 Å². The summed E-state index contributed by atoms with van der Waals surface area (Å²) >= 11 is 3.46. The molecule has 0 saturated heterocycles. The minimum absolute atomic E-state index is 0.528. The van der Waals surface area contributed by atoms with Crippen LogP contribution in [0.4, 0.5) is 0 Å². The van der Waals surface area contributed by atoms with Gasteiger partial charge in [-0.2, -0.15) is 0 Å². The summed E-state index contributed by atoms with van der Waals surface area (Å²) in [6.07, 6.45) is 2.08. The lowest BCUT2D eigenvalue weighted by Gasteiger charge is -2.12. The van der Waals surface area contributed by atoms with E-state index in [0.717, 1.165) is 22.0 Å². The molecule has 0 spiro atoms. The summed E-state index contributed by atoms with van der Waals surface area (Å²) in [6.45, 7) is 0.528. The molecule has 128 valence electrons. The first-order valence-corrected chi connectivity index (χ1v) is 9.99. The average Bonchev–Trinajstić information content (AvgIpc) is 2.68. The van der Waals surface area contributed by atoms with Crippen molar-refractivity contribution in [3.05, 3.63) is 78.4 Å². The van der Waals surface area contributed by atoms with E-state index < -0.39 is 0 Å². The largest absolute Gasteiger partial charge is 0.493 e. The van der Waals surface area contributed by atoms with Crippen molar-refractivity contribution >= 4 is 23.5 Å². The Morgan fingerprint density at radius 2 is 1.44 bits per heavy atom. The van der Waals surface area contributed by atoms with Crippen LogP contribution >= 0.6 is 23.5 Å². The van der Waals surface area contributed by atoms with Gasteiger partial charge in [-0.1, -0.05) is 42.1 Å². The summed E-state index contributed by atoms with van der Waals surface area (Å²) < 4.78 is 11.4. The van der Waals surface area contributed by atoms with Crippen molar-refractivity contribution in [3.8, 4) is 11.5 Å². The van der Waals surface area contributed by atoms with Crippen LogP contribution < -0.4 is 9.47 Å². The maximum Gasteiger partial charge on any atom is 0.161 e. The lowest BCUT2D eigenvalue weighted by atomic mass is 10.2. The molecule has 25 heavy (non-hydrogen) atoms. The molecular weight excluding hydrogens is 348 g/mol. The molecule has 0 unspecified atom stereocenters. The molecule has 0 bridgehead atoms. The van der Waals surface area contributed by atoms with Crippen molar-refractivity contribution in [2.45, 2.75) is 21.3 Å². The van der Waals surface area contributed by atoms with Gasteiger partial charge in [0, 0.05) is 14.7 Å². The molecule has 0 fully saturated rings. The van der Waals surface area contributed by atoms with Gasteiger partial charge < -0.3 is 9.47 Å². The smallest absolute Gasteiger partial charge is 0.161 e. The molecule has 0 amide bonds. The van der Waals surface area contributed by atoms with Crippen LogP contribution in [-0.2, 0) is 6.61 Å². The predicted molar refractivity (Wildman–Crippen MR) is 106 cm³/mol. The van der Waals surface area contributed by atoms with Gasteiger partial charge in [0.15, 0.2) is 11.5 Å². The van der Waals surface area contributed by atoms with Gasteiger partial charge in [0.1, 0.15) is 6.61 Å². The number of hydrogen-bond acceptors (Lipinski definition) is 4. The molecule has 0 N–H and O–H groups in total. The first-order valence-electron chi connectivity index (χ1n) is 7.95. The van der Waals surface area contributed by atoms with Crippen LogP contribution in [0.1, 0.15) is 5.56 Å². The SMILES string of the molecule is COc1cc(Sc2ccc(SC)cc2)ccc1OCc1ccccc1. The minimum Gasteiger partial charge on any atom is -0.493 e. The second-order valence-electron chi connectivity index (χ2n) is 5.36. The molecule has 3 aromatic carbocycles. The van der Waals surface area contributed by atoms with Crippen LogP contribution in [0, 0.1) is 0 Å². The predicted octanol–water partition coefficient (Wildman–Crippen LogP) is 6.15. The normalized spacial score (nSPS) is 10.5. The van der Waals surface area contributed by atoms with E-state index in [9.17, 15) is 0 Å². The van der Waals surface area contributed by atoms with E-state index in [1.54, 1.807) is 30.6 Å². The Labute approximate surface area is 157 Å². The minimum atomic E-state index is 0.528. The Hall–Kier alpha value is -2.04. The summed E-state index contributed by atoms with van der Waals surface area (Å²) in [4.78, 5) is 3.60. The molecule has 0 radical (unpaired) electrons. The Balaban J connectivity index is 1.70. The van der Waals surface area contributed by atoms with Crippen molar-refractivity contribution in [2.24, 2.45) is 0 Å². The zero-order valence-electron chi connectivity index (χ0n) is 14.3. The highest BCUT2D eigenvalue weighted by Gasteiger charge is 2.07. The summed E-state index contributed by atoms with van der Waals surface area (Å²) in [5.74, 6) is 1.51. The van der Waals surface area contributed by atoms with Gasteiger partial charge in [-0.05, 0) is 54.3 Å². The number of hydrogen-bond donors (Lipinski definition) is 0. The summed E-state index contributed by atoms with van der Waals surface area (Å²) in [5, 5.41) is 0. The zero-order valence-corrected chi connectivity index (χ0v) is 15.9. The second-order valence-corrected chi connectivity index (χ2v) is 7.39. The Bertz CT molecular complexity index is 802. The molecule has 0 aliphatic rings. The van der Waals surface area contributed by atoms with Gasteiger partial charge in [-0.3, -0.25) is 0 Å². The molecule has 4 heteroatoms. The van der Waals surface area contributed by atoms with E-state index in [2.05, 4.69) is 48.7 Å². The molecule has 0 aromatic heterocycles. The highest BCUT2D eigenvalue weighted by atomic mass is 32.2. The van der Waals surface area contributed by atoms with Crippen LogP contribution in [0.3, 0.4) is 0 Å². The van der Waals surface area contributed by atoms with E-state index >= 15 is 0 Å². The van der Waals surface area contributed by atoms with E-state index in [-0.39, 0.29) is 0 Å². The molecule has 0 heterocycles. The monoisotopic (exact) mass is 368 g/mol. The van der Waals surface area contributed by atoms with E-state index in [0.29, 0.717) is 6.61 Å². The molecule has 0 saturated carbocycles. The van der Waals surface area contributed by atoms with E-state index in [1.807, 2.05) is 30.3 Å². The number of thioether (sulfide) groups is 1. The van der Waals surface area contributed by atoms with Crippen molar-refractivity contribution in [1.29, 1.82) is 0 Å². The topological polar surface area (TPSA) is 18.5 Å². The first kappa shape index (κ1) is 17.8. The molecular formula is C21H20O2S2. The van der Waals surface area contributed by atoms with Gasteiger partial charge in [0.05, 0.1) is 7.11 Å². The third-order valence-corrected chi connectivity index (χ3v) is 5.41. The fraction of sp³-hybridized carbons (Fsp3) is 0.143. The average molecular weight is 369 g/mol. The van der Waals surface area contributed by atoms with Crippen molar-refractivity contribution in [3.63, 3.8) is 0 Å². The van der Waals surface area contributed by atoms with Crippen molar-refractivity contribution in [2.75, 3.05) is 13.4 Å². The number of rotatable bonds is 7. The molecule has 0 aliphatic heterocycles. The second kappa shape index (κ2) is 8.88. The van der Waals surface area contributed by atoms with Gasteiger partial charge in [0.25, 0.3) is 0 Å². The summed E-state index contributed by atoms with van der Waals surface area (Å²) in [5.41, 5.74) is 1.14. The number of benzene rings is 3. The van der Waals surface area contributed by atoms with Crippen LogP contribution in [0.15, 0.2) is 87.5 Å². The molecule has 0 aliphatic carbocycles. The van der Waals surface area contributed by atoms with Crippen LogP contribution in [0.2, 0.25) is 0 Å². The first-order chi connectivity index (χ1) is 12.3. The maximum absolute atomic E-state index is 5.91. The Morgan fingerprint density at radius 3 is 2.12 bits per heavy atom. The highest BCUT2D eigenvalue weighted by molar-refractivity contribution is 7.99. The van der Waals surface area contributed by atoms with Crippen molar-refractivity contribution in [1.82, 2.24) is 0 Å². The standard InChI is InChI=1S/C21H20O2S2/c1-22-21-14-19(25-18-10-8-17(24-2)9-11-18)12-13-20(21)23-15-16-6-4-3-5-7-16/h3-14H,15H2,1-2H3. The maximum atomic E-state index is 5.91. The lowest BCUT2D eigenvalue weighted by molar-refractivity contribution is 0.284. The Morgan fingerprint density at radius 1 is 0.760 bits per heavy atom. The van der Waals surface area contributed by atoms with E-state index in [1.165, 1.54) is 9.79 Å². The van der Waals surface area contributed by atoms with Gasteiger partial charge in [-0.15, -0.1) is 11.8 Å². The third kappa shape index (κ3) is 4.97. The fourth-order valence-electron chi connectivity index (χ4n) is 2.35. The lowest BCUT2D eigenvalue weighted by Crippen LogP contribution is -1.97. The third-order valence-electron chi connectivity index (χ3n) is 3.67.